The van der Waals surface area contributed by atoms with E-state index in [0.29, 0.717) is 10.7 Å². The van der Waals surface area contributed by atoms with Gasteiger partial charge in [-0.25, -0.2) is 9.97 Å². The number of carbonyl (C=O) groups excluding carboxylic acids is 1. The Kier molecular flexibility index (Phi) is 5.35. The summed E-state index contributed by atoms with van der Waals surface area (Å²) in [5.74, 6) is 0.546. The molecule has 5 aromatic rings. The molecule has 0 aliphatic heterocycles. The van der Waals surface area contributed by atoms with E-state index in [2.05, 4.69) is 10.3 Å². The van der Waals surface area contributed by atoms with Crippen LogP contribution in [0, 0.1) is 0 Å². The molecule has 0 saturated heterocycles. The quantitative estimate of drug-likeness (QED) is 0.351. The van der Waals surface area contributed by atoms with E-state index in [9.17, 15) is 4.79 Å². The van der Waals surface area contributed by atoms with Crippen molar-refractivity contribution in [2.75, 3.05) is 12.4 Å². The second-order valence-electron chi connectivity index (χ2n) is 7.16. The van der Waals surface area contributed by atoms with Crippen LogP contribution in [0.3, 0.4) is 0 Å². The molecule has 156 valence electrons. The summed E-state index contributed by atoms with van der Waals surface area (Å²) in [7, 11) is 1.63. The van der Waals surface area contributed by atoms with Gasteiger partial charge in [0.2, 0.25) is 0 Å². The summed E-state index contributed by atoms with van der Waals surface area (Å²) in [5.41, 5.74) is 4.77. The Morgan fingerprint density at radius 1 is 0.844 bits per heavy atom. The number of aromatic nitrogens is 2. The van der Waals surface area contributed by atoms with Gasteiger partial charge < -0.3 is 4.74 Å². The highest BCUT2D eigenvalue weighted by Crippen LogP contribution is 2.29. The smallest absolute Gasteiger partial charge is 0.258 e. The number of anilines is 1. The highest BCUT2D eigenvalue weighted by atomic mass is 32.1. The third-order valence-electron chi connectivity index (χ3n) is 5.12. The summed E-state index contributed by atoms with van der Waals surface area (Å²) in [6.45, 7) is 0. The van der Waals surface area contributed by atoms with Gasteiger partial charge in [-0.05, 0) is 24.3 Å². The van der Waals surface area contributed by atoms with Crippen molar-refractivity contribution in [2.24, 2.45) is 0 Å². The third kappa shape index (κ3) is 3.96. The molecule has 0 atom stereocenters. The van der Waals surface area contributed by atoms with Gasteiger partial charge in [-0.2, -0.15) is 0 Å². The van der Waals surface area contributed by atoms with E-state index in [0.717, 1.165) is 39.2 Å². The number of nitrogens with one attached hydrogen (secondary N) is 1. The van der Waals surface area contributed by atoms with E-state index in [1.54, 1.807) is 7.11 Å². The summed E-state index contributed by atoms with van der Waals surface area (Å²) >= 11 is 1.39. The van der Waals surface area contributed by atoms with Gasteiger partial charge in [0.25, 0.3) is 5.91 Å². The minimum atomic E-state index is -0.215. The van der Waals surface area contributed by atoms with Gasteiger partial charge in [-0.15, -0.1) is 11.3 Å². The minimum absolute atomic E-state index is 0.215. The number of para-hydroxylation sites is 1. The van der Waals surface area contributed by atoms with Crippen LogP contribution in [0.15, 0.2) is 90.3 Å². The van der Waals surface area contributed by atoms with Gasteiger partial charge >= 0.3 is 0 Å². The average Bonchev–Trinajstić information content (AvgIpc) is 3.32. The van der Waals surface area contributed by atoms with Gasteiger partial charge in [0.05, 0.1) is 29.6 Å². The molecule has 0 spiro atoms. The lowest BCUT2D eigenvalue weighted by Crippen LogP contribution is -2.13. The predicted molar refractivity (Wildman–Crippen MR) is 129 cm³/mol. The van der Waals surface area contributed by atoms with Gasteiger partial charge in [0, 0.05) is 21.9 Å². The number of pyridine rings is 1. The van der Waals surface area contributed by atoms with Crippen molar-refractivity contribution < 1.29 is 9.53 Å². The fourth-order valence-corrected chi connectivity index (χ4v) is 4.25. The molecule has 0 fully saturated rings. The van der Waals surface area contributed by atoms with Crippen molar-refractivity contribution in [2.45, 2.75) is 0 Å². The van der Waals surface area contributed by atoms with E-state index in [1.165, 1.54) is 11.3 Å². The zero-order chi connectivity index (χ0) is 21.9. The molecule has 5 nitrogen and oxygen atoms in total. The van der Waals surface area contributed by atoms with Gasteiger partial charge in [0.1, 0.15) is 5.75 Å². The number of fused-ring (bicyclic) bond motifs is 1. The number of benzene rings is 3. The number of hydrogen-bond acceptors (Lipinski definition) is 5. The molecule has 0 unspecified atom stereocenters. The summed E-state index contributed by atoms with van der Waals surface area (Å²) in [6.07, 6.45) is 0. The van der Waals surface area contributed by atoms with Crippen LogP contribution in [0.25, 0.3) is 33.4 Å². The SMILES string of the molecule is COc1cccc(-c2csc(NC(=O)c3cc(-c4ccccc4)nc4ccccc34)n2)c1. The highest BCUT2D eigenvalue weighted by Gasteiger charge is 2.16. The molecule has 2 heterocycles. The summed E-state index contributed by atoms with van der Waals surface area (Å²) in [6, 6.07) is 27.0. The number of rotatable bonds is 5. The molecule has 32 heavy (non-hydrogen) atoms. The van der Waals surface area contributed by atoms with Crippen LogP contribution >= 0.6 is 11.3 Å². The molecular weight excluding hydrogens is 418 g/mol. The Hall–Kier alpha value is -4.03. The van der Waals surface area contributed by atoms with E-state index in [-0.39, 0.29) is 5.91 Å². The van der Waals surface area contributed by atoms with E-state index < -0.39 is 0 Å². The van der Waals surface area contributed by atoms with Crippen molar-refractivity contribution in [3.63, 3.8) is 0 Å². The second-order valence-corrected chi connectivity index (χ2v) is 8.02. The third-order valence-corrected chi connectivity index (χ3v) is 5.88. The lowest BCUT2D eigenvalue weighted by atomic mass is 10.0. The maximum absolute atomic E-state index is 13.3. The van der Waals surface area contributed by atoms with Crippen LogP contribution in [0.4, 0.5) is 5.13 Å². The Morgan fingerprint density at radius 2 is 1.62 bits per heavy atom. The Balaban J connectivity index is 1.48. The number of thiazole rings is 1. The molecule has 0 radical (unpaired) electrons. The molecule has 6 heteroatoms. The standard InChI is InChI=1S/C26H19N3O2S/c1-31-19-11-7-10-18(14-19)24-16-32-26(28-24)29-25(30)21-15-23(17-8-3-2-4-9-17)27-22-13-6-5-12-20(21)22/h2-16H,1H3,(H,28,29,30). The van der Waals surface area contributed by atoms with E-state index >= 15 is 0 Å². The number of nitrogens with zero attached hydrogens (tertiary/aromatic N) is 2. The van der Waals surface area contributed by atoms with Crippen LogP contribution in [-0.4, -0.2) is 23.0 Å². The van der Waals surface area contributed by atoms with Crippen LogP contribution in [0.1, 0.15) is 10.4 Å². The maximum Gasteiger partial charge on any atom is 0.258 e. The Morgan fingerprint density at radius 3 is 2.47 bits per heavy atom. The molecule has 5 rings (SSSR count). The number of amides is 1. The second kappa shape index (κ2) is 8.61. The summed E-state index contributed by atoms with van der Waals surface area (Å²) in [5, 5.41) is 6.22. The molecule has 1 N–H and O–H groups in total. The molecule has 0 saturated carbocycles. The monoisotopic (exact) mass is 437 g/mol. The lowest BCUT2D eigenvalue weighted by molar-refractivity contribution is 0.102. The lowest BCUT2D eigenvalue weighted by Gasteiger charge is -2.09. The van der Waals surface area contributed by atoms with Crippen molar-refractivity contribution >= 4 is 33.3 Å². The topological polar surface area (TPSA) is 64.1 Å². The van der Waals surface area contributed by atoms with Crippen molar-refractivity contribution in [3.05, 3.63) is 95.9 Å². The Labute approximate surface area is 189 Å². The van der Waals surface area contributed by atoms with Crippen LogP contribution in [0.5, 0.6) is 5.75 Å². The average molecular weight is 438 g/mol. The van der Waals surface area contributed by atoms with Crippen molar-refractivity contribution in [1.82, 2.24) is 9.97 Å². The zero-order valence-electron chi connectivity index (χ0n) is 17.3. The first kappa shape index (κ1) is 19.9. The van der Waals surface area contributed by atoms with E-state index in [4.69, 9.17) is 9.72 Å². The van der Waals surface area contributed by atoms with Crippen molar-refractivity contribution in [3.8, 4) is 28.3 Å². The van der Waals surface area contributed by atoms with Crippen LogP contribution in [0.2, 0.25) is 0 Å². The highest BCUT2D eigenvalue weighted by molar-refractivity contribution is 7.14. The summed E-state index contributed by atoms with van der Waals surface area (Å²) < 4.78 is 5.29. The largest absolute Gasteiger partial charge is 0.497 e. The Bertz CT molecular complexity index is 1410. The van der Waals surface area contributed by atoms with Gasteiger partial charge in [-0.1, -0.05) is 60.7 Å². The molecule has 3 aromatic carbocycles. The number of ether oxygens (including phenoxy) is 1. The fourth-order valence-electron chi connectivity index (χ4n) is 3.53. The first-order valence-electron chi connectivity index (χ1n) is 10.1. The zero-order valence-corrected chi connectivity index (χ0v) is 18.1. The normalized spacial score (nSPS) is 10.8. The van der Waals surface area contributed by atoms with Crippen LogP contribution in [-0.2, 0) is 0 Å². The molecule has 1 amide bonds. The minimum Gasteiger partial charge on any atom is -0.497 e. The number of methoxy groups -OCH3 is 1. The molecule has 0 aliphatic carbocycles. The number of hydrogen-bond donors (Lipinski definition) is 1. The van der Waals surface area contributed by atoms with Crippen LogP contribution < -0.4 is 10.1 Å². The molecule has 0 bridgehead atoms. The fraction of sp³-hybridized carbons (Fsp3) is 0.0385. The molecular formula is C26H19N3O2S. The number of carbonyl (C=O) groups is 1. The van der Waals surface area contributed by atoms with Gasteiger partial charge in [0.15, 0.2) is 5.13 Å². The first-order valence-corrected chi connectivity index (χ1v) is 11.0. The maximum atomic E-state index is 13.3. The molecule has 2 aromatic heterocycles. The summed E-state index contributed by atoms with van der Waals surface area (Å²) in [4.78, 5) is 22.6. The molecule has 0 aliphatic rings. The van der Waals surface area contributed by atoms with Crippen molar-refractivity contribution in [1.29, 1.82) is 0 Å². The first-order chi connectivity index (χ1) is 15.7. The van der Waals surface area contributed by atoms with Gasteiger partial charge in [-0.3, -0.25) is 10.1 Å². The van der Waals surface area contributed by atoms with E-state index in [1.807, 2.05) is 90.3 Å². The predicted octanol–water partition coefficient (Wildman–Crippen LogP) is 6.29.